The highest BCUT2D eigenvalue weighted by atomic mass is 16.1. The Bertz CT molecular complexity index is 451. The van der Waals surface area contributed by atoms with E-state index in [-0.39, 0.29) is 11.9 Å². The van der Waals surface area contributed by atoms with Crippen LogP contribution in [0.4, 0.5) is 0 Å². The number of imidazole rings is 1. The molecule has 2 N–H and O–H groups in total. The summed E-state index contributed by atoms with van der Waals surface area (Å²) in [5.74, 6) is 1.22. The Labute approximate surface area is 114 Å². The van der Waals surface area contributed by atoms with Gasteiger partial charge in [0.2, 0.25) is 5.91 Å². The minimum absolute atomic E-state index is 0.119. The fourth-order valence-electron chi connectivity index (χ4n) is 2.57. The van der Waals surface area contributed by atoms with Crippen molar-refractivity contribution in [3.8, 4) is 0 Å². The number of nitrogens with zero attached hydrogens (tertiary/aromatic N) is 2. The second kappa shape index (κ2) is 6.19. The van der Waals surface area contributed by atoms with Gasteiger partial charge in [0.25, 0.3) is 0 Å². The van der Waals surface area contributed by atoms with Crippen LogP contribution in [-0.4, -0.2) is 28.0 Å². The number of rotatable bonds is 5. The molecule has 106 valence electrons. The van der Waals surface area contributed by atoms with Crippen LogP contribution in [0.2, 0.25) is 0 Å². The Morgan fingerprint density at radius 3 is 3.00 bits per heavy atom. The number of nitrogens with one attached hydrogen (secondary N) is 2. The minimum Gasteiger partial charge on any atom is -0.354 e. The van der Waals surface area contributed by atoms with E-state index in [1.54, 1.807) is 0 Å². The molecule has 19 heavy (non-hydrogen) atoms. The zero-order valence-corrected chi connectivity index (χ0v) is 12.1. The molecule has 0 spiro atoms. The number of carbonyl (C=O) groups excluding carboxylic acids is 1. The van der Waals surface area contributed by atoms with Crippen molar-refractivity contribution in [2.45, 2.75) is 59.2 Å². The Kier molecular flexibility index (Phi) is 4.58. The maximum atomic E-state index is 11.8. The summed E-state index contributed by atoms with van der Waals surface area (Å²) < 4.78 is 2.25. The first-order chi connectivity index (χ1) is 9.11. The Balaban J connectivity index is 2.06. The van der Waals surface area contributed by atoms with Crippen LogP contribution < -0.4 is 10.6 Å². The molecule has 1 aliphatic heterocycles. The van der Waals surface area contributed by atoms with Crippen molar-refractivity contribution in [1.82, 2.24) is 20.2 Å². The lowest BCUT2D eigenvalue weighted by molar-refractivity contribution is -0.121. The predicted molar refractivity (Wildman–Crippen MR) is 74.9 cm³/mol. The van der Waals surface area contributed by atoms with E-state index >= 15 is 0 Å². The second-order valence-corrected chi connectivity index (χ2v) is 5.33. The van der Waals surface area contributed by atoms with Gasteiger partial charge in [0.05, 0.1) is 5.69 Å². The fourth-order valence-corrected chi connectivity index (χ4v) is 2.57. The molecular weight excluding hydrogens is 240 g/mol. The molecule has 0 unspecified atom stereocenters. The number of aromatic nitrogens is 2. The molecule has 1 amide bonds. The molecule has 0 radical (unpaired) electrons. The van der Waals surface area contributed by atoms with Gasteiger partial charge >= 0.3 is 0 Å². The summed E-state index contributed by atoms with van der Waals surface area (Å²) in [6.45, 7) is 8.68. The molecule has 1 aromatic heterocycles. The zero-order valence-electron chi connectivity index (χ0n) is 12.1. The van der Waals surface area contributed by atoms with Crippen molar-refractivity contribution in [3.05, 3.63) is 17.2 Å². The van der Waals surface area contributed by atoms with Gasteiger partial charge < -0.3 is 15.2 Å². The number of hydrogen-bond donors (Lipinski definition) is 2. The Hall–Kier alpha value is -1.36. The molecule has 1 aromatic rings. The normalized spacial score (nSPS) is 14.5. The van der Waals surface area contributed by atoms with Crippen LogP contribution >= 0.6 is 0 Å². The van der Waals surface area contributed by atoms with Crippen molar-refractivity contribution in [1.29, 1.82) is 0 Å². The summed E-state index contributed by atoms with van der Waals surface area (Å²) in [6, 6.07) is 0.207. The van der Waals surface area contributed by atoms with Crippen LogP contribution in [0.3, 0.4) is 0 Å². The van der Waals surface area contributed by atoms with E-state index in [0.29, 0.717) is 6.42 Å². The van der Waals surface area contributed by atoms with Crippen molar-refractivity contribution in [2.75, 3.05) is 6.54 Å². The van der Waals surface area contributed by atoms with Crippen LogP contribution in [0.5, 0.6) is 0 Å². The zero-order chi connectivity index (χ0) is 13.8. The molecule has 2 rings (SSSR count). The van der Waals surface area contributed by atoms with Gasteiger partial charge in [0.1, 0.15) is 5.82 Å². The first-order valence-electron chi connectivity index (χ1n) is 7.19. The third kappa shape index (κ3) is 3.35. The molecule has 5 nitrogen and oxygen atoms in total. The van der Waals surface area contributed by atoms with E-state index in [1.807, 2.05) is 13.8 Å². The van der Waals surface area contributed by atoms with Gasteiger partial charge in [-0.15, -0.1) is 0 Å². The van der Waals surface area contributed by atoms with E-state index in [9.17, 15) is 4.79 Å². The Morgan fingerprint density at radius 1 is 1.53 bits per heavy atom. The summed E-state index contributed by atoms with van der Waals surface area (Å²) in [4.78, 5) is 16.4. The quantitative estimate of drug-likeness (QED) is 0.834. The molecule has 0 saturated carbocycles. The smallest absolute Gasteiger partial charge is 0.221 e. The molecule has 0 aliphatic carbocycles. The van der Waals surface area contributed by atoms with Crippen LogP contribution in [0.15, 0.2) is 0 Å². The Morgan fingerprint density at radius 2 is 2.32 bits per heavy atom. The van der Waals surface area contributed by atoms with Gasteiger partial charge in [-0.3, -0.25) is 4.79 Å². The van der Waals surface area contributed by atoms with E-state index in [1.165, 1.54) is 5.69 Å². The molecule has 0 fully saturated rings. The standard InChI is InChI=1S/C14H24N4O/c1-4-13-17-11-9-15-7-5-12(11)18(13)8-6-14(19)16-10(2)3/h10,15H,4-9H2,1-3H3,(H,16,19). The van der Waals surface area contributed by atoms with Crippen LogP contribution in [-0.2, 0) is 30.7 Å². The maximum Gasteiger partial charge on any atom is 0.221 e. The minimum atomic E-state index is 0.119. The molecule has 0 saturated heterocycles. The fraction of sp³-hybridized carbons (Fsp3) is 0.714. The monoisotopic (exact) mass is 264 g/mol. The highest BCUT2D eigenvalue weighted by Gasteiger charge is 2.19. The van der Waals surface area contributed by atoms with Gasteiger partial charge in [0.15, 0.2) is 0 Å². The number of aryl methyl sites for hydroxylation is 1. The van der Waals surface area contributed by atoms with Gasteiger partial charge in [-0.05, 0) is 13.8 Å². The first kappa shape index (κ1) is 14.1. The third-order valence-corrected chi connectivity index (χ3v) is 3.39. The van der Waals surface area contributed by atoms with E-state index in [2.05, 4.69) is 27.1 Å². The molecule has 1 aliphatic rings. The van der Waals surface area contributed by atoms with E-state index in [0.717, 1.165) is 44.0 Å². The summed E-state index contributed by atoms with van der Waals surface area (Å²) in [6.07, 6.45) is 2.45. The average Bonchev–Trinajstić information content (AvgIpc) is 2.73. The summed E-state index contributed by atoms with van der Waals surface area (Å²) in [5, 5.41) is 6.28. The van der Waals surface area contributed by atoms with Gasteiger partial charge in [-0.2, -0.15) is 0 Å². The maximum absolute atomic E-state index is 11.8. The largest absolute Gasteiger partial charge is 0.354 e. The highest BCUT2D eigenvalue weighted by Crippen LogP contribution is 2.17. The van der Waals surface area contributed by atoms with Crippen molar-refractivity contribution in [3.63, 3.8) is 0 Å². The number of carbonyl (C=O) groups is 1. The van der Waals surface area contributed by atoms with E-state index in [4.69, 9.17) is 0 Å². The van der Waals surface area contributed by atoms with E-state index < -0.39 is 0 Å². The van der Waals surface area contributed by atoms with Crippen molar-refractivity contribution < 1.29 is 4.79 Å². The lowest BCUT2D eigenvalue weighted by Crippen LogP contribution is -2.31. The second-order valence-electron chi connectivity index (χ2n) is 5.33. The molecule has 0 atom stereocenters. The summed E-state index contributed by atoms with van der Waals surface area (Å²) >= 11 is 0. The third-order valence-electron chi connectivity index (χ3n) is 3.39. The molecule has 5 heteroatoms. The molecule has 0 aromatic carbocycles. The number of amides is 1. The average molecular weight is 264 g/mol. The van der Waals surface area contributed by atoms with Crippen LogP contribution in [0.25, 0.3) is 0 Å². The lowest BCUT2D eigenvalue weighted by atomic mass is 10.2. The van der Waals surface area contributed by atoms with Crippen molar-refractivity contribution in [2.24, 2.45) is 0 Å². The van der Waals surface area contributed by atoms with Gasteiger partial charge in [0, 0.05) is 50.6 Å². The first-order valence-corrected chi connectivity index (χ1v) is 7.19. The van der Waals surface area contributed by atoms with Gasteiger partial charge in [-0.25, -0.2) is 4.98 Å². The number of hydrogen-bond acceptors (Lipinski definition) is 3. The predicted octanol–water partition coefficient (Wildman–Crippen LogP) is 1.01. The summed E-state index contributed by atoms with van der Waals surface area (Å²) in [7, 11) is 0. The van der Waals surface area contributed by atoms with Crippen LogP contribution in [0, 0.1) is 0 Å². The molecule has 2 heterocycles. The molecule has 0 bridgehead atoms. The SMILES string of the molecule is CCc1nc2c(n1CCC(=O)NC(C)C)CCNC2. The van der Waals surface area contributed by atoms with Gasteiger partial charge in [-0.1, -0.05) is 6.92 Å². The summed E-state index contributed by atoms with van der Waals surface area (Å²) in [5.41, 5.74) is 2.47. The highest BCUT2D eigenvalue weighted by molar-refractivity contribution is 5.76. The number of fused-ring (bicyclic) bond motifs is 1. The molecular formula is C14H24N4O. The van der Waals surface area contributed by atoms with Crippen LogP contribution in [0.1, 0.15) is 44.4 Å². The topological polar surface area (TPSA) is 59.0 Å². The lowest BCUT2D eigenvalue weighted by Gasteiger charge is -2.16. The van der Waals surface area contributed by atoms with Crippen molar-refractivity contribution >= 4 is 5.91 Å².